The van der Waals surface area contributed by atoms with Gasteiger partial charge in [0.2, 0.25) is 11.8 Å². The molecular formula is C17H16N4O2S. The minimum Gasteiger partial charge on any atom is -0.475 e. The van der Waals surface area contributed by atoms with Gasteiger partial charge in [0.05, 0.1) is 18.7 Å². The Morgan fingerprint density at radius 3 is 2.75 bits per heavy atom. The van der Waals surface area contributed by atoms with Crippen LogP contribution in [0.5, 0.6) is 5.88 Å². The molecule has 0 aliphatic rings. The minimum absolute atomic E-state index is 0.0161. The molecule has 0 saturated heterocycles. The maximum atomic E-state index is 11.7. The lowest BCUT2D eigenvalue weighted by Crippen LogP contribution is -2.29. The second-order valence-corrected chi connectivity index (χ2v) is 5.96. The van der Waals surface area contributed by atoms with Crippen molar-refractivity contribution in [3.8, 4) is 17.3 Å². The molecule has 3 aromatic heterocycles. The van der Waals surface area contributed by atoms with Gasteiger partial charge in [0.25, 0.3) is 0 Å². The molecular weight excluding hydrogens is 324 g/mol. The van der Waals surface area contributed by atoms with Gasteiger partial charge >= 0.3 is 0 Å². The maximum Gasteiger partial charge on any atom is 0.233 e. The third-order valence-corrected chi connectivity index (χ3v) is 4.03. The zero-order valence-electron chi connectivity index (χ0n) is 12.9. The zero-order chi connectivity index (χ0) is 16.6. The van der Waals surface area contributed by atoms with Gasteiger partial charge < -0.3 is 10.1 Å². The molecule has 0 aromatic carbocycles. The molecule has 6 nitrogen and oxygen atoms in total. The van der Waals surface area contributed by atoms with E-state index in [4.69, 9.17) is 4.74 Å². The summed E-state index contributed by atoms with van der Waals surface area (Å²) in [6, 6.07) is 13.0. The molecule has 7 heteroatoms. The number of carbonyl (C=O) groups excluding carboxylic acids is 1. The summed E-state index contributed by atoms with van der Waals surface area (Å²) < 4.78 is 5.48. The van der Waals surface area contributed by atoms with Gasteiger partial charge in [0.1, 0.15) is 12.3 Å². The van der Waals surface area contributed by atoms with Gasteiger partial charge in [0.15, 0.2) is 0 Å². The maximum absolute atomic E-state index is 11.7. The Balaban J connectivity index is 1.41. The first-order valence-corrected chi connectivity index (χ1v) is 8.36. The number of nitrogens with one attached hydrogen (secondary N) is 1. The molecule has 3 heterocycles. The van der Waals surface area contributed by atoms with E-state index < -0.39 is 0 Å². The highest BCUT2D eigenvalue weighted by Crippen LogP contribution is 2.14. The molecule has 0 radical (unpaired) electrons. The molecule has 1 N–H and O–H groups in total. The molecule has 0 saturated carbocycles. The summed E-state index contributed by atoms with van der Waals surface area (Å²) in [5.41, 5.74) is 1.45. The van der Waals surface area contributed by atoms with Crippen LogP contribution in [0.3, 0.4) is 0 Å². The summed E-state index contributed by atoms with van der Waals surface area (Å²) >= 11 is 1.57. The summed E-state index contributed by atoms with van der Waals surface area (Å²) in [5, 5.41) is 12.9. The van der Waals surface area contributed by atoms with E-state index in [1.165, 1.54) is 0 Å². The molecule has 3 aromatic rings. The van der Waals surface area contributed by atoms with Crippen molar-refractivity contribution in [2.45, 2.75) is 6.42 Å². The molecule has 0 aliphatic carbocycles. The molecule has 122 valence electrons. The van der Waals surface area contributed by atoms with E-state index in [0.717, 1.165) is 10.6 Å². The van der Waals surface area contributed by atoms with Crippen molar-refractivity contribution < 1.29 is 9.53 Å². The monoisotopic (exact) mass is 340 g/mol. The summed E-state index contributed by atoms with van der Waals surface area (Å²) in [7, 11) is 0. The van der Waals surface area contributed by atoms with E-state index in [9.17, 15) is 4.79 Å². The highest BCUT2D eigenvalue weighted by atomic mass is 32.1. The summed E-state index contributed by atoms with van der Waals surface area (Å²) in [4.78, 5) is 17.0. The van der Waals surface area contributed by atoms with Crippen LogP contribution in [-0.2, 0) is 11.2 Å². The Hall–Kier alpha value is -2.80. The molecule has 0 spiro atoms. The first-order chi connectivity index (χ1) is 11.8. The van der Waals surface area contributed by atoms with Crippen molar-refractivity contribution in [2.75, 3.05) is 13.2 Å². The number of ether oxygens (including phenoxy) is 1. The van der Waals surface area contributed by atoms with Crippen LogP contribution in [0.4, 0.5) is 0 Å². The van der Waals surface area contributed by atoms with Crippen molar-refractivity contribution in [1.82, 2.24) is 20.5 Å². The molecule has 0 atom stereocenters. The number of amides is 1. The summed E-state index contributed by atoms with van der Waals surface area (Å²) in [6.45, 7) is 0.766. The lowest BCUT2D eigenvalue weighted by molar-refractivity contribution is -0.120. The standard InChI is InChI=1S/C17H16N4O2S/c22-16(12-13-4-3-11-24-13)19-9-10-23-17-7-6-15(20-21-17)14-5-1-2-8-18-14/h1-8,11H,9-10,12H2,(H,19,22). The van der Waals surface area contributed by atoms with E-state index >= 15 is 0 Å². The molecule has 24 heavy (non-hydrogen) atoms. The van der Waals surface area contributed by atoms with Crippen molar-refractivity contribution >= 4 is 17.2 Å². The zero-order valence-corrected chi connectivity index (χ0v) is 13.7. The fraction of sp³-hybridized carbons (Fsp3) is 0.176. The fourth-order valence-electron chi connectivity index (χ4n) is 2.03. The predicted molar refractivity (Wildman–Crippen MR) is 91.8 cm³/mol. The number of carbonyl (C=O) groups is 1. The topological polar surface area (TPSA) is 77.0 Å². The third-order valence-electron chi connectivity index (χ3n) is 3.16. The largest absolute Gasteiger partial charge is 0.475 e. The predicted octanol–water partition coefficient (Wildman–Crippen LogP) is 2.34. The Kier molecular flexibility index (Phi) is 5.47. The molecule has 3 rings (SSSR count). The minimum atomic E-state index is -0.0161. The van der Waals surface area contributed by atoms with Crippen LogP contribution in [0.2, 0.25) is 0 Å². The Labute approximate surface area is 143 Å². The molecule has 0 bridgehead atoms. The fourth-order valence-corrected chi connectivity index (χ4v) is 2.73. The Morgan fingerprint density at radius 2 is 2.04 bits per heavy atom. The second-order valence-electron chi connectivity index (χ2n) is 4.93. The van der Waals surface area contributed by atoms with Crippen LogP contribution < -0.4 is 10.1 Å². The van der Waals surface area contributed by atoms with Crippen LogP contribution in [0, 0.1) is 0 Å². The van der Waals surface area contributed by atoms with E-state index in [-0.39, 0.29) is 5.91 Å². The number of hydrogen-bond donors (Lipinski definition) is 1. The van der Waals surface area contributed by atoms with Crippen LogP contribution >= 0.6 is 11.3 Å². The van der Waals surface area contributed by atoms with Crippen molar-refractivity contribution in [3.63, 3.8) is 0 Å². The van der Waals surface area contributed by atoms with Crippen LogP contribution in [0.25, 0.3) is 11.4 Å². The quantitative estimate of drug-likeness (QED) is 0.668. The number of rotatable bonds is 7. The van der Waals surface area contributed by atoms with Gasteiger partial charge in [-0.3, -0.25) is 9.78 Å². The number of pyridine rings is 1. The molecule has 1 amide bonds. The highest BCUT2D eigenvalue weighted by molar-refractivity contribution is 7.10. The molecule has 0 fully saturated rings. The summed E-state index contributed by atoms with van der Waals surface area (Å²) in [5.74, 6) is 0.403. The Morgan fingerprint density at radius 1 is 1.08 bits per heavy atom. The smallest absolute Gasteiger partial charge is 0.233 e. The third kappa shape index (κ3) is 4.60. The number of nitrogens with zero attached hydrogens (tertiary/aromatic N) is 3. The van der Waals surface area contributed by atoms with Crippen LogP contribution in [0.1, 0.15) is 4.88 Å². The van der Waals surface area contributed by atoms with Gasteiger partial charge in [0, 0.05) is 17.1 Å². The SMILES string of the molecule is O=C(Cc1cccs1)NCCOc1ccc(-c2ccccn2)nn1. The second kappa shape index (κ2) is 8.16. The lowest BCUT2D eigenvalue weighted by Gasteiger charge is -2.06. The van der Waals surface area contributed by atoms with E-state index in [1.807, 2.05) is 35.7 Å². The van der Waals surface area contributed by atoms with E-state index in [1.54, 1.807) is 29.7 Å². The average molecular weight is 340 g/mol. The average Bonchev–Trinajstić information content (AvgIpc) is 3.13. The molecule has 0 unspecified atom stereocenters. The first kappa shape index (κ1) is 16.1. The van der Waals surface area contributed by atoms with Crippen molar-refractivity contribution in [2.24, 2.45) is 0 Å². The number of aromatic nitrogens is 3. The summed E-state index contributed by atoms with van der Waals surface area (Å²) in [6.07, 6.45) is 2.11. The van der Waals surface area contributed by atoms with Gasteiger partial charge in [-0.1, -0.05) is 12.1 Å². The normalized spacial score (nSPS) is 10.3. The van der Waals surface area contributed by atoms with Crippen LogP contribution in [0.15, 0.2) is 54.0 Å². The van der Waals surface area contributed by atoms with E-state index in [0.29, 0.717) is 31.1 Å². The van der Waals surface area contributed by atoms with Gasteiger partial charge in [-0.25, -0.2) is 0 Å². The van der Waals surface area contributed by atoms with Gasteiger partial charge in [-0.15, -0.1) is 21.5 Å². The van der Waals surface area contributed by atoms with E-state index in [2.05, 4.69) is 20.5 Å². The van der Waals surface area contributed by atoms with Crippen molar-refractivity contribution in [3.05, 3.63) is 58.9 Å². The molecule has 0 aliphatic heterocycles. The van der Waals surface area contributed by atoms with Gasteiger partial charge in [-0.2, -0.15) is 0 Å². The highest BCUT2D eigenvalue weighted by Gasteiger charge is 2.05. The van der Waals surface area contributed by atoms with Gasteiger partial charge in [-0.05, 0) is 29.6 Å². The first-order valence-electron chi connectivity index (χ1n) is 7.48. The number of hydrogen-bond acceptors (Lipinski definition) is 6. The lowest BCUT2D eigenvalue weighted by atomic mass is 10.2. The Bertz CT molecular complexity index is 761. The van der Waals surface area contributed by atoms with Crippen molar-refractivity contribution in [1.29, 1.82) is 0 Å². The van der Waals surface area contributed by atoms with Crippen LogP contribution in [-0.4, -0.2) is 34.2 Å². The number of thiophene rings is 1.